The number of nitrogens with zero attached hydrogens (tertiary/aromatic N) is 2. The molecule has 5 rings (SSSR count). The second-order valence-corrected chi connectivity index (χ2v) is 8.77. The van der Waals surface area contributed by atoms with Gasteiger partial charge in [-0.05, 0) is 62.8 Å². The van der Waals surface area contributed by atoms with Crippen molar-refractivity contribution in [1.82, 2.24) is 0 Å². The molecule has 1 heterocycles. The van der Waals surface area contributed by atoms with Crippen LogP contribution in [-0.2, 0) is 0 Å². The van der Waals surface area contributed by atoms with Gasteiger partial charge < -0.3 is 10.6 Å². The number of aliphatic imine (C=N–C) groups is 2. The zero-order valence-corrected chi connectivity index (χ0v) is 20.0. The summed E-state index contributed by atoms with van der Waals surface area (Å²) >= 11 is 0. The van der Waals surface area contributed by atoms with Gasteiger partial charge in [-0.25, -0.2) is 0 Å². The first-order chi connectivity index (χ1) is 16.5. The Morgan fingerprint density at radius 1 is 0.559 bits per heavy atom. The normalized spacial score (nSPS) is 17.5. The highest BCUT2D eigenvalue weighted by molar-refractivity contribution is 6.06. The van der Waals surface area contributed by atoms with E-state index in [-0.39, 0.29) is 0 Å². The number of anilines is 2. The summed E-state index contributed by atoms with van der Waals surface area (Å²) in [6.07, 6.45) is 4.16. The lowest BCUT2D eigenvalue weighted by atomic mass is 10.1. The summed E-state index contributed by atoms with van der Waals surface area (Å²) in [6, 6.07) is 25.2. The van der Waals surface area contributed by atoms with E-state index >= 15 is 0 Å². The lowest BCUT2D eigenvalue weighted by Crippen LogP contribution is -2.03. The van der Waals surface area contributed by atoms with Crippen molar-refractivity contribution in [2.24, 2.45) is 9.98 Å². The number of benzene rings is 4. The maximum absolute atomic E-state index is 5.06. The average Bonchev–Trinajstić information content (AvgIpc) is 2.81. The summed E-state index contributed by atoms with van der Waals surface area (Å²) in [5, 5.41) is 11.8. The zero-order valence-electron chi connectivity index (χ0n) is 20.0. The van der Waals surface area contributed by atoms with Crippen LogP contribution in [0.15, 0.2) is 106 Å². The second-order valence-electron chi connectivity index (χ2n) is 8.77. The van der Waals surface area contributed by atoms with Crippen LogP contribution in [0, 0.1) is 0 Å². The van der Waals surface area contributed by atoms with Crippen molar-refractivity contribution in [3.05, 3.63) is 96.3 Å². The molecular formula is C30H28N4. The molecule has 1 aliphatic rings. The van der Waals surface area contributed by atoms with E-state index in [2.05, 4.69) is 109 Å². The van der Waals surface area contributed by atoms with Crippen molar-refractivity contribution in [1.29, 1.82) is 0 Å². The van der Waals surface area contributed by atoms with Gasteiger partial charge in [-0.2, -0.15) is 0 Å². The number of hydrogen-bond donors (Lipinski definition) is 2. The molecule has 168 valence electrons. The number of fused-ring (bicyclic) bond motifs is 6. The molecule has 0 fully saturated rings. The molecule has 4 aromatic rings. The minimum absolute atomic E-state index is 0.908. The number of allylic oxidation sites excluding steroid dienone is 4. The fraction of sp³-hybridized carbons (Fsp3) is 0.133. The third-order valence-electron chi connectivity index (χ3n) is 5.90. The van der Waals surface area contributed by atoms with Gasteiger partial charge in [-0.15, -0.1) is 0 Å². The monoisotopic (exact) mass is 444 g/mol. The molecular weight excluding hydrogens is 416 g/mol. The fourth-order valence-corrected chi connectivity index (χ4v) is 4.50. The molecule has 0 atom stereocenters. The molecule has 0 saturated carbocycles. The largest absolute Gasteiger partial charge is 0.357 e. The first-order valence-corrected chi connectivity index (χ1v) is 11.5. The van der Waals surface area contributed by atoms with Crippen LogP contribution in [0.3, 0.4) is 0 Å². The van der Waals surface area contributed by atoms with Gasteiger partial charge in [0.2, 0.25) is 0 Å². The van der Waals surface area contributed by atoms with E-state index in [1.165, 1.54) is 10.8 Å². The van der Waals surface area contributed by atoms with Gasteiger partial charge in [0.1, 0.15) is 0 Å². The Bertz CT molecular complexity index is 1540. The highest BCUT2D eigenvalue weighted by Crippen LogP contribution is 2.37. The lowest BCUT2D eigenvalue weighted by Gasteiger charge is -2.16. The van der Waals surface area contributed by atoms with Crippen LogP contribution < -0.4 is 10.6 Å². The van der Waals surface area contributed by atoms with Gasteiger partial charge in [0.15, 0.2) is 0 Å². The fourth-order valence-electron chi connectivity index (χ4n) is 4.50. The Labute approximate surface area is 200 Å². The second kappa shape index (κ2) is 8.99. The van der Waals surface area contributed by atoms with Crippen LogP contribution >= 0.6 is 0 Å². The Kier molecular flexibility index (Phi) is 5.72. The summed E-state index contributed by atoms with van der Waals surface area (Å²) < 4.78 is 0. The molecule has 0 radical (unpaired) electrons. The van der Waals surface area contributed by atoms with Gasteiger partial charge in [0.25, 0.3) is 0 Å². The van der Waals surface area contributed by atoms with Crippen LogP contribution in [0.1, 0.15) is 27.7 Å². The average molecular weight is 445 g/mol. The number of hydrogen-bond acceptors (Lipinski definition) is 4. The quantitative estimate of drug-likeness (QED) is 0.285. The van der Waals surface area contributed by atoms with Crippen molar-refractivity contribution < 1.29 is 0 Å². The van der Waals surface area contributed by atoms with E-state index in [9.17, 15) is 0 Å². The highest BCUT2D eigenvalue weighted by Gasteiger charge is 2.11. The Morgan fingerprint density at radius 3 is 1.91 bits per heavy atom. The summed E-state index contributed by atoms with van der Waals surface area (Å²) in [4.78, 5) is 10.0. The standard InChI is InChI=1S/C30H28N4/c1-19-17-20(2)32-28-16-14-24-10-6-8-12-26(24)30(28)34-22(4)18-21(3)33-29-25-11-7-5-9-23(25)13-15-27(29)31-19/h5-18,31,34H,1-4H3/b19-17-,22-18-,32-20?,33-21?. The number of rotatable bonds is 0. The molecule has 0 amide bonds. The molecule has 0 aromatic heterocycles. The van der Waals surface area contributed by atoms with E-state index in [4.69, 9.17) is 9.98 Å². The molecule has 4 nitrogen and oxygen atoms in total. The van der Waals surface area contributed by atoms with E-state index in [1.807, 2.05) is 13.8 Å². The molecule has 4 heteroatoms. The Morgan fingerprint density at radius 2 is 1.15 bits per heavy atom. The zero-order chi connectivity index (χ0) is 23.7. The minimum atomic E-state index is 0.908. The molecule has 0 spiro atoms. The van der Waals surface area contributed by atoms with Crippen molar-refractivity contribution in [3.63, 3.8) is 0 Å². The van der Waals surface area contributed by atoms with Crippen LogP contribution in [0.5, 0.6) is 0 Å². The molecule has 34 heavy (non-hydrogen) atoms. The van der Waals surface area contributed by atoms with Crippen LogP contribution in [0.2, 0.25) is 0 Å². The van der Waals surface area contributed by atoms with E-state index in [0.717, 1.165) is 56.3 Å². The van der Waals surface area contributed by atoms with Gasteiger partial charge in [0.05, 0.1) is 22.7 Å². The molecule has 2 N–H and O–H groups in total. The molecule has 0 unspecified atom stereocenters. The van der Waals surface area contributed by atoms with Gasteiger partial charge in [0, 0.05) is 33.6 Å². The highest BCUT2D eigenvalue weighted by atomic mass is 14.9. The van der Waals surface area contributed by atoms with Crippen molar-refractivity contribution in [2.75, 3.05) is 10.6 Å². The Hall–Kier alpha value is -4.18. The maximum atomic E-state index is 5.06. The molecule has 0 aliphatic carbocycles. The van der Waals surface area contributed by atoms with Gasteiger partial charge >= 0.3 is 0 Å². The molecule has 0 bridgehead atoms. The summed E-state index contributed by atoms with van der Waals surface area (Å²) in [7, 11) is 0. The SMILES string of the molecule is CC1=Nc2ccc3ccccc3c2N/C(C)=C\C(C)=Nc2c(ccc3ccccc23)N/C(C)=C\1. The molecule has 4 aromatic carbocycles. The third kappa shape index (κ3) is 4.35. The molecule has 1 aliphatic heterocycles. The van der Waals surface area contributed by atoms with Gasteiger partial charge in [-0.1, -0.05) is 60.7 Å². The van der Waals surface area contributed by atoms with E-state index in [0.29, 0.717) is 0 Å². The van der Waals surface area contributed by atoms with Crippen LogP contribution in [-0.4, -0.2) is 11.4 Å². The summed E-state index contributed by atoms with van der Waals surface area (Å²) in [5.41, 5.74) is 7.67. The van der Waals surface area contributed by atoms with Crippen LogP contribution in [0.25, 0.3) is 21.5 Å². The van der Waals surface area contributed by atoms with Crippen molar-refractivity contribution in [3.8, 4) is 0 Å². The minimum Gasteiger partial charge on any atom is -0.357 e. The topological polar surface area (TPSA) is 48.8 Å². The first kappa shape index (κ1) is 21.7. The van der Waals surface area contributed by atoms with E-state index in [1.54, 1.807) is 0 Å². The summed E-state index contributed by atoms with van der Waals surface area (Å²) in [6.45, 7) is 8.20. The smallest absolute Gasteiger partial charge is 0.0945 e. The van der Waals surface area contributed by atoms with E-state index < -0.39 is 0 Å². The number of nitrogens with one attached hydrogen (secondary N) is 2. The molecule has 0 saturated heterocycles. The van der Waals surface area contributed by atoms with Crippen molar-refractivity contribution in [2.45, 2.75) is 27.7 Å². The first-order valence-electron chi connectivity index (χ1n) is 11.5. The summed E-state index contributed by atoms with van der Waals surface area (Å²) in [5.74, 6) is 0. The third-order valence-corrected chi connectivity index (χ3v) is 5.90. The predicted molar refractivity (Wildman–Crippen MR) is 148 cm³/mol. The van der Waals surface area contributed by atoms with Crippen molar-refractivity contribution >= 4 is 55.7 Å². The maximum Gasteiger partial charge on any atom is 0.0945 e. The lowest BCUT2D eigenvalue weighted by molar-refractivity contribution is 1.35. The predicted octanol–water partition coefficient (Wildman–Crippen LogP) is 8.52. The van der Waals surface area contributed by atoms with Crippen LogP contribution in [0.4, 0.5) is 22.7 Å². The van der Waals surface area contributed by atoms with Gasteiger partial charge in [-0.3, -0.25) is 9.98 Å². The Balaban J connectivity index is 1.73.